The zero-order valence-electron chi connectivity index (χ0n) is 21.4. The summed E-state index contributed by atoms with van der Waals surface area (Å²) in [4.78, 5) is 42.3. The predicted octanol–water partition coefficient (Wildman–Crippen LogP) is 2.65. The van der Waals surface area contributed by atoms with Crippen LogP contribution in [0, 0.1) is 12.7 Å². The smallest absolute Gasteiger partial charge is 0.256 e. The molecule has 0 fully saturated rings. The number of aromatic nitrogens is 2. The summed E-state index contributed by atoms with van der Waals surface area (Å²) in [5.74, 6) is -1.86. The summed E-state index contributed by atoms with van der Waals surface area (Å²) in [6.07, 6.45) is 1.00. The quantitative estimate of drug-likeness (QED) is 0.534. The molecule has 10 heteroatoms. The number of carbonyl (C=O) groups is 3. The third-order valence-electron chi connectivity index (χ3n) is 6.53. The van der Waals surface area contributed by atoms with Gasteiger partial charge in [-0.3, -0.25) is 19.1 Å². The number of nitrogens with one attached hydrogen (secondary N) is 1. The van der Waals surface area contributed by atoms with Gasteiger partial charge in [-0.15, -0.1) is 0 Å². The number of fused-ring (bicyclic) bond motifs is 1. The Balaban J connectivity index is 1.69. The first-order valence-electron chi connectivity index (χ1n) is 11.9. The Morgan fingerprint density at radius 3 is 2.57 bits per heavy atom. The lowest BCUT2D eigenvalue weighted by Crippen LogP contribution is -2.45. The van der Waals surface area contributed by atoms with Crippen molar-refractivity contribution in [2.75, 3.05) is 18.5 Å². The number of hydrogen-bond donors (Lipinski definition) is 2. The fourth-order valence-corrected chi connectivity index (χ4v) is 4.58. The summed E-state index contributed by atoms with van der Waals surface area (Å²) in [7, 11) is 3.46. The van der Waals surface area contributed by atoms with Crippen molar-refractivity contribution in [1.29, 1.82) is 0 Å². The van der Waals surface area contributed by atoms with Crippen molar-refractivity contribution >= 4 is 23.4 Å². The zero-order chi connectivity index (χ0) is 27.0. The van der Waals surface area contributed by atoms with Gasteiger partial charge in [-0.1, -0.05) is 6.07 Å². The minimum absolute atomic E-state index is 0.0181. The molecule has 1 aliphatic rings. The van der Waals surface area contributed by atoms with Gasteiger partial charge >= 0.3 is 0 Å². The highest BCUT2D eigenvalue weighted by atomic mass is 19.1. The fraction of sp³-hybridized carbons (Fsp3) is 0.333. The minimum atomic E-state index is -0.831. The second kappa shape index (κ2) is 10.1. The van der Waals surface area contributed by atoms with Crippen LogP contribution in [0.5, 0.6) is 0 Å². The summed E-state index contributed by atoms with van der Waals surface area (Å²) in [6.45, 7) is 5.04. The van der Waals surface area contributed by atoms with E-state index < -0.39 is 23.9 Å². The molecule has 2 heterocycles. The van der Waals surface area contributed by atoms with E-state index in [-0.39, 0.29) is 30.5 Å². The van der Waals surface area contributed by atoms with Gasteiger partial charge < -0.3 is 20.2 Å². The third-order valence-corrected chi connectivity index (χ3v) is 6.53. The summed E-state index contributed by atoms with van der Waals surface area (Å²) in [5, 5.41) is 16.2. The van der Waals surface area contributed by atoms with Gasteiger partial charge in [0.25, 0.3) is 11.8 Å². The molecule has 2 atom stereocenters. The predicted molar refractivity (Wildman–Crippen MR) is 137 cm³/mol. The average Bonchev–Trinajstić information content (AvgIpc) is 3.18. The number of rotatable bonds is 6. The van der Waals surface area contributed by atoms with Gasteiger partial charge in [0, 0.05) is 38.3 Å². The SMILES string of the molecule is Cc1cnn(C)c1-c1ccc2c(c1)N(C)C(=O)[C@@H](C)N(Cc1cc(F)cc(C(=O)NCC(C)O)c1)C2=O. The number of aryl methyl sites for hydroxylation is 2. The van der Waals surface area contributed by atoms with E-state index in [0.717, 1.165) is 22.9 Å². The standard InChI is InChI=1S/C27H30FN5O4/c1-15-12-30-32(5)24(15)19-6-7-22-23(11-19)31(4)26(36)17(3)33(27(22)37)14-18-8-20(10-21(28)9-18)25(35)29-13-16(2)34/h6-12,16-17,34H,13-14H2,1-5H3,(H,29,35)/t16?,17-/m1/s1. The number of amides is 3. The van der Waals surface area contributed by atoms with Crippen LogP contribution >= 0.6 is 0 Å². The maximum Gasteiger partial charge on any atom is 0.256 e. The van der Waals surface area contributed by atoms with Crippen LogP contribution in [-0.2, 0) is 18.4 Å². The summed E-state index contributed by atoms with van der Waals surface area (Å²) in [6, 6.07) is 8.29. The van der Waals surface area contributed by atoms with Crippen LogP contribution in [-0.4, -0.2) is 63.2 Å². The van der Waals surface area contributed by atoms with Gasteiger partial charge in [0.2, 0.25) is 5.91 Å². The van der Waals surface area contributed by atoms with Crippen LogP contribution in [0.2, 0.25) is 0 Å². The minimum Gasteiger partial charge on any atom is -0.392 e. The second-order valence-corrected chi connectivity index (χ2v) is 9.45. The van der Waals surface area contributed by atoms with Crippen LogP contribution in [0.1, 0.15) is 45.7 Å². The molecule has 0 bridgehead atoms. The number of nitrogens with zero attached hydrogens (tertiary/aromatic N) is 4. The molecule has 4 rings (SSSR count). The lowest BCUT2D eigenvalue weighted by atomic mass is 10.0. The summed E-state index contributed by atoms with van der Waals surface area (Å²) in [5.41, 5.74) is 3.91. The van der Waals surface area contributed by atoms with Gasteiger partial charge in [-0.25, -0.2) is 4.39 Å². The molecule has 0 saturated heterocycles. The molecule has 1 aliphatic heterocycles. The van der Waals surface area contributed by atoms with E-state index in [0.29, 0.717) is 16.8 Å². The number of carbonyl (C=O) groups excluding carboxylic acids is 3. The van der Waals surface area contributed by atoms with Crippen LogP contribution in [0.25, 0.3) is 11.3 Å². The molecule has 0 saturated carbocycles. The molecule has 3 amide bonds. The Morgan fingerprint density at radius 2 is 1.92 bits per heavy atom. The molecule has 1 unspecified atom stereocenters. The molecule has 1 aromatic heterocycles. The van der Waals surface area contributed by atoms with E-state index in [1.807, 2.05) is 20.0 Å². The molecule has 194 valence electrons. The van der Waals surface area contributed by atoms with E-state index >= 15 is 0 Å². The van der Waals surface area contributed by atoms with E-state index in [9.17, 15) is 23.9 Å². The van der Waals surface area contributed by atoms with Gasteiger partial charge in [0.15, 0.2) is 0 Å². The maximum atomic E-state index is 14.4. The number of benzene rings is 2. The lowest BCUT2D eigenvalue weighted by molar-refractivity contribution is -0.122. The highest BCUT2D eigenvalue weighted by Gasteiger charge is 2.36. The molecule has 2 aromatic carbocycles. The Morgan fingerprint density at radius 1 is 1.19 bits per heavy atom. The van der Waals surface area contributed by atoms with Crippen molar-refractivity contribution in [3.63, 3.8) is 0 Å². The molecular formula is C27H30FN5O4. The Labute approximate surface area is 214 Å². The molecule has 0 spiro atoms. The van der Waals surface area contributed by atoms with Crippen molar-refractivity contribution in [3.05, 3.63) is 70.7 Å². The Bertz CT molecular complexity index is 1360. The van der Waals surface area contributed by atoms with Crippen molar-refractivity contribution in [3.8, 4) is 11.3 Å². The molecule has 9 nitrogen and oxygen atoms in total. The number of aliphatic hydroxyl groups excluding tert-OH is 1. The monoisotopic (exact) mass is 507 g/mol. The van der Waals surface area contributed by atoms with Crippen LogP contribution in [0.15, 0.2) is 42.6 Å². The third kappa shape index (κ3) is 5.10. The van der Waals surface area contributed by atoms with Crippen molar-refractivity contribution < 1.29 is 23.9 Å². The molecule has 0 radical (unpaired) electrons. The number of anilines is 1. The lowest BCUT2D eigenvalue weighted by Gasteiger charge is -2.27. The highest BCUT2D eigenvalue weighted by Crippen LogP contribution is 2.33. The van der Waals surface area contributed by atoms with E-state index in [1.54, 1.807) is 37.0 Å². The molecule has 3 aromatic rings. The average molecular weight is 508 g/mol. The molecule has 2 N–H and O–H groups in total. The second-order valence-electron chi connectivity index (χ2n) is 9.45. The normalized spacial score (nSPS) is 16.5. The largest absolute Gasteiger partial charge is 0.392 e. The van der Waals surface area contributed by atoms with Gasteiger partial charge in [-0.2, -0.15) is 5.10 Å². The van der Waals surface area contributed by atoms with E-state index in [1.165, 1.54) is 28.9 Å². The van der Waals surface area contributed by atoms with Gasteiger partial charge in [0.1, 0.15) is 11.9 Å². The molecule has 37 heavy (non-hydrogen) atoms. The van der Waals surface area contributed by atoms with Crippen LogP contribution in [0.3, 0.4) is 0 Å². The highest BCUT2D eigenvalue weighted by molar-refractivity contribution is 6.11. The van der Waals surface area contributed by atoms with Crippen LogP contribution in [0.4, 0.5) is 10.1 Å². The number of hydrogen-bond acceptors (Lipinski definition) is 5. The summed E-state index contributed by atoms with van der Waals surface area (Å²) >= 11 is 0. The van der Waals surface area contributed by atoms with Crippen LogP contribution < -0.4 is 10.2 Å². The Kier molecular flexibility index (Phi) is 7.13. The number of likely N-dealkylation sites (N-methyl/N-ethyl adjacent to an activating group) is 1. The number of halogens is 1. The number of aliphatic hydroxyl groups is 1. The van der Waals surface area contributed by atoms with Gasteiger partial charge in [0.05, 0.1) is 29.2 Å². The first-order chi connectivity index (χ1) is 17.5. The first kappa shape index (κ1) is 26.0. The van der Waals surface area contributed by atoms with Crippen molar-refractivity contribution in [1.82, 2.24) is 20.0 Å². The van der Waals surface area contributed by atoms with Gasteiger partial charge in [-0.05, 0) is 62.2 Å². The van der Waals surface area contributed by atoms with Crippen molar-refractivity contribution in [2.45, 2.75) is 39.5 Å². The molecule has 0 aliphatic carbocycles. The topological polar surface area (TPSA) is 108 Å². The molecular weight excluding hydrogens is 477 g/mol. The maximum absolute atomic E-state index is 14.4. The zero-order valence-corrected chi connectivity index (χ0v) is 21.4. The van der Waals surface area contributed by atoms with Crippen molar-refractivity contribution in [2.24, 2.45) is 7.05 Å². The van der Waals surface area contributed by atoms with E-state index in [2.05, 4.69) is 10.4 Å². The fourth-order valence-electron chi connectivity index (χ4n) is 4.58. The first-order valence-corrected chi connectivity index (χ1v) is 11.9. The summed E-state index contributed by atoms with van der Waals surface area (Å²) < 4.78 is 16.2. The Hall–Kier alpha value is -4.05. The van der Waals surface area contributed by atoms with E-state index in [4.69, 9.17) is 0 Å².